The van der Waals surface area contributed by atoms with Crippen molar-refractivity contribution in [2.75, 3.05) is 20.3 Å². The van der Waals surface area contributed by atoms with Crippen LogP contribution in [0, 0.1) is 0 Å². The van der Waals surface area contributed by atoms with Crippen LogP contribution in [0.2, 0.25) is 0 Å². The van der Waals surface area contributed by atoms with Gasteiger partial charge in [-0.15, -0.1) is 11.3 Å². The molecule has 1 saturated carbocycles. The molecule has 0 radical (unpaired) electrons. The zero-order chi connectivity index (χ0) is 14.7. The summed E-state index contributed by atoms with van der Waals surface area (Å²) in [6, 6.07) is 2.49. The van der Waals surface area contributed by atoms with Crippen molar-refractivity contribution in [1.82, 2.24) is 4.90 Å². The summed E-state index contributed by atoms with van der Waals surface area (Å²) in [4.78, 5) is 16.0. The van der Waals surface area contributed by atoms with Crippen molar-refractivity contribution < 1.29 is 9.53 Å². The van der Waals surface area contributed by atoms with Crippen molar-refractivity contribution in [1.29, 1.82) is 0 Å². The molecule has 0 aromatic carbocycles. The highest BCUT2D eigenvalue weighted by atomic mass is 32.1. The van der Waals surface area contributed by atoms with Crippen molar-refractivity contribution in [3.63, 3.8) is 0 Å². The van der Waals surface area contributed by atoms with E-state index in [2.05, 4.69) is 11.4 Å². The van der Waals surface area contributed by atoms with Crippen LogP contribution in [0.3, 0.4) is 0 Å². The van der Waals surface area contributed by atoms with Crippen LogP contribution in [0.15, 0.2) is 11.4 Å². The Morgan fingerprint density at radius 1 is 1.19 bits per heavy atom. The molecule has 1 aliphatic carbocycles. The van der Waals surface area contributed by atoms with Gasteiger partial charge in [-0.25, -0.2) is 0 Å². The van der Waals surface area contributed by atoms with Crippen molar-refractivity contribution in [3.8, 4) is 0 Å². The fraction of sp³-hybridized carbons (Fsp3) is 0.706. The summed E-state index contributed by atoms with van der Waals surface area (Å²) in [6.45, 7) is 1.55. The molecule has 4 heteroatoms. The van der Waals surface area contributed by atoms with Crippen LogP contribution in [-0.2, 0) is 4.74 Å². The quantitative estimate of drug-likeness (QED) is 0.843. The highest BCUT2D eigenvalue weighted by molar-refractivity contribution is 7.10. The van der Waals surface area contributed by atoms with E-state index in [4.69, 9.17) is 4.74 Å². The Balaban J connectivity index is 1.65. The van der Waals surface area contributed by atoms with E-state index in [1.165, 1.54) is 37.0 Å². The minimum atomic E-state index is 0.181. The predicted molar refractivity (Wildman–Crippen MR) is 86.1 cm³/mol. The number of carbonyl (C=O) groups excluding carboxylic acids is 1. The van der Waals surface area contributed by atoms with E-state index < -0.39 is 0 Å². The summed E-state index contributed by atoms with van der Waals surface area (Å²) < 4.78 is 5.38. The first kappa shape index (κ1) is 15.0. The molecule has 3 nitrogen and oxygen atoms in total. The van der Waals surface area contributed by atoms with E-state index in [1.807, 2.05) is 11.9 Å². The lowest BCUT2D eigenvalue weighted by Crippen LogP contribution is -2.40. The van der Waals surface area contributed by atoms with Crippen LogP contribution in [0.25, 0.3) is 0 Å². The monoisotopic (exact) mass is 307 g/mol. The molecule has 0 N–H and O–H groups in total. The van der Waals surface area contributed by atoms with Gasteiger partial charge >= 0.3 is 0 Å². The molecule has 3 rings (SSSR count). The second-order valence-corrected chi connectivity index (χ2v) is 7.28. The third kappa shape index (κ3) is 3.49. The molecule has 0 spiro atoms. The van der Waals surface area contributed by atoms with E-state index in [1.54, 1.807) is 11.3 Å². The molecule has 116 valence electrons. The van der Waals surface area contributed by atoms with Gasteiger partial charge in [-0.1, -0.05) is 19.3 Å². The second kappa shape index (κ2) is 6.93. The van der Waals surface area contributed by atoms with Gasteiger partial charge in [0.15, 0.2) is 0 Å². The normalized spacial score (nSPS) is 21.4. The molecule has 0 unspecified atom stereocenters. The second-order valence-electron chi connectivity index (χ2n) is 6.33. The van der Waals surface area contributed by atoms with Crippen LogP contribution in [0.4, 0.5) is 0 Å². The largest absolute Gasteiger partial charge is 0.381 e. The van der Waals surface area contributed by atoms with Gasteiger partial charge in [0, 0.05) is 36.6 Å². The number of thiophene rings is 1. The maximum atomic E-state index is 12.6. The Morgan fingerprint density at radius 3 is 2.62 bits per heavy atom. The summed E-state index contributed by atoms with van der Waals surface area (Å²) in [6.07, 6.45) is 8.57. The van der Waals surface area contributed by atoms with Gasteiger partial charge < -0.3 is 9.64 Å². The van der Waals surface area contributed by atoms with Crippen molar-refractivity contribution in [2.45, 2.75) is 56.9 Å². The minimum absolute atomic E-state index is 0.181. The molecular weight excluding hydrogens is 282 g/mol. The van der Waals surface area contributed by atoms with Crippen LogP contribution in [0.5, 0.6) is 0 Å². The summed E-state index contributed by atoms with van der Waals surface area (Å²) in [5.41, 5.74) is 0.884. The molecule has 1 amide bonds. The molecule has 2 fully saturated rings. The van der Waals surface area contributed by atoms with Crippen molar-refractivity contribution in [2.24, 2.45) is 0 Å². The van der Waals surface area contributed by atoms with Crippen molar-refractivity contribution >= 4 is 17.2 Å². The lowest BCUT2D eigenvalue weighted by Gasteiger charge is -2.31. The third-order valence-corrected chi connectivity index (χ3v) is 6.03. The molecular formula is C17H25NO2S. The van der Waals surface area contributed by atoms with Gasteiger partial charge in [-0.2, -0.15) is 0 Å². The Labute approximate surface area is 131 Å². The average molecular weight is 307 g/mol. The highest BCUT2D eigenvalue weighted by Crippen LogP contribution is 2.36. The van der Waals surface area contributed by atoms with E-state index >= 15 is 0 Å². The number of nitrogens with zero attached hydrogens (tertiary/aromatic N) is 1. The number of rotatable bonds is 3. The summed E-state index contributed by atoms with van der Waals surface area (Å²) in [7, 11) is 1.94. The molecule has 0 atom stereocenters. The summed E-state index contributed by atoms with van der Waals surface area (Å²) >= 11 is 1.78. The van der Waals surface area contributed by atoms with Gasteiger partial charge in [0.25, 0.3) is 5.91 Å². The Bertz CT molecular complexity index is 473. The maximum absolute atomic E-state index is 12.6. The molecule has 1 aliphatic heterocycles. The molecule has 1 saturated heterocycles. The van der Waals surface area contributed by atoms with Crippen LogP contribution in [-0.4, -0.2) is 37.1 Å². The van der Waals surface area contributed by atoms with E-state index in [9.17, 15) is 4.79 Å². The predicted octanol–water partition coefficient (Wildman–Crippen LogP) is 4.05. The molecule has 1 aromatic heterocycles. The van der Waals surface area contributed by atoms with Gasteiger partial charge in [-0.05, 0) is 37.7 Å². The van der Waals surface area contributed by atoms with E-state index in [0.29, 0.717) is 12.0 Å². The molecule has 21 heavy (non-hydrogen) atoms. The first-order chi connectivity index (χ1) is 10.3. The van der Waals surface area contributed by atoms with Gasteiger partial charge in [0.2, 0.25) is 0 Å². The lowest BCUT2D eigenvalue weighted by molar-refractivity contribution is 0.0362. The smallest absolute Gasteiger partial charge is 0.254 e. The van der Waals surface area contributed by atoms with Gasteiger partial charge in [-0.3, -0.25) is 4.79 Å². The zero-order valence-electron chi connectivity index (χ0n) is 12.8. The summed E-state index contributed by atoms with van der Waals surface area (Å²) in [5, 5.41) is 2.06. The fourth-order valence-corrected chi connectivity index (χ4v) is 4.56. The lowest BCUT2D eigenvalue weighted by atomic mass is 9.88. The first-order valence-electron chi connectivity index (χ1n) is 8.19. The Hall–Kier alpha value is -0.870. The summed E-state index contributed by atoms with van der Waals surface area (Å²) in [5.74, 6) is 0.874. The number of amides is 1. The minimum Gasteiger partial charge on any atom is -0.381 e. The Morgan fingerprint density at radius 2 is 1.90 bits per heavy atom. The highest BCUT2D eigenvalue weighted by Gasteiger charge is 2.25. The van der Waals surface area contributed by atoms with Gasteiger partial charge in [0.05, 0.1) is 5.56 Å². The number of ether oxygens (including phenoxy) is 1. The third-order valence-electron chi connectivity index (χ3n) is 4.93. The maximum Gasteiger partial charge on any atom is 0.254 e. The fourth-order valence-electron chi connectivity index (χ4n) is 3.51. The van der Waals surface area contributed by atoms with Crippen LogP contribution in [0.1, 0.15) is 66.1 Å². The topological polar surface area (TPSA) is 29.5 Å². The number of carbonyl (C=O) groups is 1. The zero-order valence-corrected chi connectivity index (χ0v) is 13.7. The van der Waals surface area contributed by atoms with Crippen LogP contribution < -0.4 is 0 Å². The SMILES string of the molecule is CN(C(=O)c1csc(C2CCCCC2)c1)C1CCOCC1. The average Bonchev–Trinajstić information content (AvgIpc) is 3.05. The number of hydrogen-bond acceptors (Lipinski definition) is 3. The van der Waals surface area contributed by atoms with E-state index in [-0.39, 0.29) is 5.91 Å². The molecule has 1 aromatic rings. The molecule has 2 aliphatic rings. The van der Waals surface area contributed by atoms with Gasteiger partial charge in [0.1, 0.15) is 0 Å². The number of hydrogen-bond donors (Lipinski definition) is 0. The van der Waals surface area contributed by atoms with Crippen molar-refractivity contribution in [3.05, 3.63) is 21.9 Å². The van der Waals surface area contributed by atoms with E-state index in [0.717, 1.165) is 31.6 Å². The Kier molecular flexibility index (Phi) is 4.96. The molecule has 2 heterocycles. The molecule has 0 bridgehead atoms. The first-order valence-corrected chi connectivity index (χ1v) is 9.07. The van der Waals surface area contributed by atoms with Crippen LogP contribution >= 0.6 is 11.3 Å². The standard InChI is InChI=1S/C17H25NO2S/c1-18(15-7-9-20-10-8-15)17(19)14-11-16(21-12-14)13-5-3-2-4-6-13/h11-13,15H,2-10H2,1H3.